The Kier molecular flexibility index (Phi) is 5.01. The molecule has 0 aliphatic carbocycles. The molecule has 28 heavy (non-hydrogen) atoms. The minimum Gasteiger partial charge on any atom is -0.323 e. The zero-order valence-electron chi connectivity index (χ0n) is 15.7. The van der Waals surface area contributed by atoms with Crippen LogP contribution in [0.3, 0.4) is 0 Å². The van der Waals surface area contributed by atoms with Gasteiger partial charge in [0, 0.05) is 61.6 Å². The third kappa shape index (κ3) is 4.00. The topological polar surface area (TPSA) is 89.1 Å². The van der Waals surface area contributed by atoms with E-state index in [1.807, 2.05) is 31.4 Å². The van der Waals surface area contributed by atoms with E-state index < -0.39 is 0 Å². The molecule has 1 aliphatic rings. The van der Waals surface area contributed by atoms with E-state index in [1.165, 1.54) is 11.6 Å². The van der Waals surface area contributed by atoms with Crippen LogP contribution in [0.4, 0.5) is 5.69 Å². The molecule has 3 heterocycles. The van der Waals surface area contributed by atoms with E-state index in [-0.39, 0.29) is 5.91 Å². The number of fused-ring (bicyclic) bond motifs is 1. The number of aromatic nitrogens is 3. The van der Waals surface area contributed by atoms with Gasteiger partial charge in [-0.05, 0) is 47.4 Å². The quantitative estimate of drug-likeness (QED) is 0.541. The fraction of sp³-hybridized carbons (Fsp3) is 0.190. The van der Waals surface area contributed by atoms with Crippen LogP contribution in [0, 0.1) is 0 Å². The van der Waals surface area contributed by atoms with Crippen LogP contribution < -0.4 is 11.2 Å². The molecule has 1 aliphatic heterocycles. The predicted octanol–water partition coefficient (Wildman–Crippen LogP) is 2.37. The van der Waals surface area contributed by atoms with Crippen LogP contribution in [0.2, 0.25) is 0 Å². The number of hydrogen-bond donors (Lipinski definition) is 2. The first-order valence-corrected chi connectivity index (χ1v) is 9.12. The first-order chi connectivity index (χ1) is 13.6. The number of rotatable bonds is 4. The summed E-state index contributed by atoms with van der Waals surface area (Å²) in [6, 6.07) is 7.90. The summed E-state index contributed by atoms with van der Waals surface area (Å²) >= 11 is 0. The Morgan fingerprint density at radius 2 is 2.14 bits per heavy atom. The van der Waals surface area contributed by atoms with Crippen molar-refractivity contribution in [3.8, 4) is 11.1 Å². The largest absolute Gasteiger partial charge is 0.323 e. The summed E-state index contributed by atoms with van der Waals surface area (Å²) in [5.74, 6) is 5.71. The molecule has 7 heteroatoms. The third-order valence-corrected chi connectivity index (χ3v) is 4.80. The molecule has 3 N–H and O–H groups in total. The maximum Gasteiger partial charge on any atom is 0.248 e. The number of aryl methyl sites for hydroxylation is 1. The molecule has 0 radical (unpaired) electrons. The van der Waals surface area contributed by atoms with E-state index in [0.29, 0.717) is 6.54 Å². The van der Waals surface area contributed by atoms with Crippen LogP contribution in [-0.2, 0) is 24.8 Å². The van der Waals surface area contributed by atoms with E-state index in [0.717, 1.165) is 40.9 Å². The maximum atomic E-state index is 12.4. The molecule has 0 atom stereocenters. The lowest BCUT2D eigenvalue weighted by Crippen LogP contribution is -2.36. The van der Waals surface area contributed by atoms with Crippen molar-refractivity contribution in [1.82, 2.24) is 19.8 Å². The van der Waals surface area contributed by atoms with E-state index in [2.05, 4.69) is 21.5 Å². The summed E-state index contributed by atoms with van der Waals surface area (Å²) < 4.78 is 1.74. The van der Waals surface area contributed by atoms with Gasteiger partial charge in [-0.15, -0.1) is 0 Å². The summed E-state index contributed by atoms with van der Waals surface area (Å²) in [5, 5.41) is 8.91. The molecule has 3 aromatic rings. The molecule has 1 aromatic carbocycles. The van der Waals surface area contributed by atoms with Gasteiger partial charge in [-0.1, -0.05) is 6.07 Å². The number of anilines is 1. The number of carbonyl (C=O) groups is 1. The lowest BCUT2D eigenvalue weighted by Gasteiger charge is -2.24. The van der Waals surface area contributed by atoms with E-state index in [1.54, 1.807) is 34.4 Å². The van der Waals surface area contributed by atoms with E-state index in [4.69, 9.17) is 5.84 Å². The zero-order chi connectivity index (χ0) is 19.5. The SMILES string of the molecule is Cn1cc(-c2ccncc2/C=C/C(=O)Nc2ccc3c(c2)CN(N)CC3)cn1. The van der Waals surface area contributed by atoms with Gasteiger partial charge in [0.1, 0.15) is 0 Å². The summed E-state index contributed by atoms with van der Waals surface area (Å²) in [4.78, 5) is 16.6. The summed E-state index contributed by atoms with van der Waals surface area (Å²) in [6.45, 7) is 1.55. The van der Waals surface area contributed by atoms with Crippen molar-refractivity contribution in [2.24, 2.45) is 12.9 Å². The average molecular weight is 374 g/mol. The number of nitrogens with zero attached hydrogens (tertiary/aromatic N) is 4. The van der Waals surface area contributed by atoms with Crippen LogP contribution in [-0.4, -0.2) is 32.2 Å². The lowest BCUT2D eigenvalue weighted by atomic mass is 10.00. The van der Waals surface area contributed by atoms with Crippen LogP contribution in [0.5, 0.6) is 0 Å². The molecule has 142 valence electrons. The predicted molar refractivity (Wildman–Crippen MR) is 109 cm³/mol. The van der Waals surface area contributed by atoms with Crippen LogP contribution in [0.15, 0.2) is 55.1 Å². The summed E-state index contributed by atoms with van der Waals surface area (Å²) in [6.07, 6.45) is 11.4. The van der Waals surface area contributed by atoms with Gasteiger partial charge in [-0.25, -0.2) is 5.01 Å². The highest BCUT2D eigenvalue weighted by Crippen LogP contribution is 2.24. The van der Waals surface area contributed by atoms with Gasteiger partial charge in [-0.3, -0.25) is 20.3 Å². The van der Waals surface area contributed by atoms with Crippen LogP contribution in [0.1, 0.15) is 16.7 Å². The Labute approximate surface area is 163 Å². The Balaban J connectivity index is 1.49. The molecule has 4 rings (SSSR count). The second kappa shape index (κ2) is 7.75. The molecule has 1 amide bonds. The number of hydrogen-bond acceptors (Lipinski definition) is 5. The highest BCUT2D eigenvalue weighted by atomic mass is 16.1. The normalized spacial score (nSPS) is 14.2. The van der Waals surface area contributed by atoms with Crippen LogP contribution in [0.25, 0.3) is 17.2 Å². The van der Waals surface area contributed by atoms with Gasteiger partial charge < -0.3 is 5.32 Å². The van der Waals surface area contributed by atoms with Crippen molar-refractivity contribution < 1.29 is 4.79 Å². The highest BCUT2D eigenvalue weighted by Gasteiger charge is 2.14. The monoisotopic (exact) mass is 374 g/mol. The van der Waals surface area contributed by atoms with Crippen molar-refractivity contribution in [2.75, 3.05) is 11.9 Å². The summed E-state index contributed by atoms with van der Waals surface area (Å²) in [7, 11) is 1.87. The molecule has 7 nitrogen and oxygen atoms in total. The number of benzene rings is 1. The van der Waals surface area contributed by atoms with E-state index in [9.17, 15) is 4.79 Å². The first-order valence-electron chi connectivity index (χ1n) is 9.12. The lowest BCUT2D eigenvalue weighted by molar-refractivity contribution is -0.111. The first kappa shape index (κ1) is 18.1. The molecule has 0 fully saturated rings. The molecular weight excluding hydrogens is 352 g/mol. The minimum absolute atomic E-state index is 0.193. The number of nitrogens with one attached hydrogen (secondary N) is 1. The zero-order valence-corrected chi connectivity index (χ0v) is 15.7. The van der Waals surface area contributed by atoms with Crippen molar-refractivity contribution in [3.05, 3.63) is 71.8 Å². The fourth-order valence-corrected chi connectivity index (χ4v) is 3.37. The molecule has 0 bridgehead atoms. The highest BCUT2D eigenvalue weighted by molar-refractivity contribution is 6.02. The van der Waals surface area contributed by atoms with Gasteiger partial charge in [0.25, 0.3) is 0 Å². The molecule has 0 spiro atoms. The maximum absolute atomic E-state index is 12.4. The standard InChI is InChI=1S/C21H22N6O/c1-26-13-18(12-24-26)20-6-8-23-11-16(20)3-5-21(28)25-19-4-2-15-7-9-27(22)14-17(15)10-19/h2-6,8,10-13H,7,9,14,22H2,1H3,(H,25,28)/b5-3+. The minimum atomic E-state index is -0.193. The third-order valence-electron chi connectivity index (χ3n) is 4.80. The molecule has 2 aromatic heterocycles. The smallest absolute Gasteiger partial charge is 0.248 e. The van der Waals surface area contributed by atoms with E-state index >= 15 is 0 Å². The fourth-order valence-electron chi connectivity index (χ4n) is 3.37. The second-order valence-electron chi connectivity index (χ2n) is 6.89. The Bertz CT molecular complexity index is 1040. The molecular formula is C21H22N6O. The van der Waals surface area contributed by atoms with Crippen molar-refractivity contribution >= 4 is 17.7 Å². The molecule has 0 saturated heterocycles. The Morgan fingerprint density at radius 3 is 2.96 bits per heavy atom. The van der Waals surface area contributed by atoms with Gasteiger partial charge in [-0.2, -0.15) is 5.10 Å². The van der Waals surface area contributed by atoms with Gasteiger partial charge in [0.15, 0.2) is 0 Å². The second-order valence-corrected chi connectivity index (χ2v) is 6.89. The Morgan fingerprint density at radius 1 is 1.25 bits per heavy atom. The van der Waals surface area contributed by atoms with Crippen molar-refractivity contribution in [3.63, 3.8) is 0 Å². The summed E-state index contributed by atoms with van der Waals surface area (Å²) in [5.41, 5.74) is 6.01. The number of amides is 1. The number of nitrogens with two attached hydrogens (primary N) is 1. The van der Waals surface area contributed by atoms with Gasteiger partial charge >= 0.3 is 0 Å². The number of pyridine rings is 1. The molecule has 0 saturated carbocycles. The number of hydrazine groups is 1. The molecule has 0 unspecified atom stereocenters. The van der Waals surface area contributed by atoms with Crippen molar-refractivity contribution in [1.29, 1.82) is 0 Å². The number of carbonyl (C=O) groups excluding carboxylic acids is 1. The van der Waals surface area contributed by atoms with Gasteiger partial charge in [0.05, 0.1) is 6.20 Å². The van der Waals surface area contributed by atoms with Crippen molar-refractivity contribution in [2.45, 2.75) is 13.0 Å². The Hall–Kier alpha value is -3.29. The average Bonchev–Trinajstić information content (AvgIpc) is 3.12. The van der Waals surface area contributed by atoms with Gasteiger partial charge in [0.2, 0.25) is 5.91 Å². The van der Waals surface area contributed by atoms with Crippen LogP contribution >= 0.6 is 0 Å².